The molecule has 0 radical (unpaired) electrons. The van der Waals surface area contributed by atoms with Gasteiger partial charge in [-0.25, -0.2) is 4.79 Å². The fraction of sp³-hybridized carbons (Fsp3) is 0.562. The molecule has 1 saturated carbocycles. The second kappa shape index (κ2) is 7.83. The van der Waals surface area contributed by atoms with Crippen molar-refractivity contribution < 1.29 is 14.6 Å². The Morgan fingerprint density at radius 3 is 2.77 bits per heavy atom. The summed E-state index contributed by atoms with van der Waals surface area (Å²) >= 11 is 3.46. The number of rotatable bonds is 5. The summed E-state index contributed by atoms with van der Waals surface area (Å²) < 4.78 is 5.73. The number of hydrogen-bond donors (Lipinski definition) is 3. The van der Waals surface area contributed by atoms with Gasteiger partial charge in [0.1, 0.15) is 6.61 Å². The molecule has 0 amide bonds. The summed E-state index contributed by atoms with van der Waals surface area (Å²) in [5.41, 5.74) is 8.76. The predicted molar refractivity (Wildman–Crippen MR) is 91.2 cm³/mol. The van der Waals surface area contributed by atoms with Crippen LogP contribution in [0, 0.1) is 6.92 Å². The Morgan fingerprint density at radius 1 is 1.45 bits per heavy atom. The van der Waals surface area contributed by atoms with Crippen LogP contribution in [-0.2, 0) is 4.74 Å². The van der Waals surface area contributed by atoms with Crippen LogP contribution in [0.25, 0.3) is 0 Å². The van der Waals surface area contributed by atoms with Crippen molar-refractivity contribution in [2.75, 3.05) is 24.3 Å². The maximum atomic E-state index is 12.1. The van der Waals surface area contributed by atoms with Gasteiger partial charge in [-0.2, -0.15) is 0 Å². The maximum absolute atomic E-state index is 12.1. The summed E-state index contributed by atoms with van der Waals surface area (Å²) in [6.45, 7) is 1.63. The molecule has 0 bridgehead atoms. The van der Waals surface area contributed by atoms with Crippen molar-refractivity contribution in [3.63, 3.8) is 0 Å². The zero-order chi connectivity index (χ0) is 16.1. The highest BCUT2D eigenvalue weighted by Gasteiger charge is 2.20. The molecule has 0 heterocycles. The maximum Gasteiger partial charge on any atom is 0.338 e. The molecule has 0 saturated heterocycles. The van der Waals surface area contributed by atoms with Gasteiger partial charge in [-0.15, -0.1) is 0 Å². The second-order valence-corrected chi connectivity index (χ2v) is 6.46. The van der Waals surface area contributed by atoms with Gasteiger partial charge in [-0.05, 0) is 47.3 Å². The quantitative estimate of drug-likeness (QED) is 0.547. The molecule has 0 atom stereocenters. The van der Waals surface area contributed by atoms with Gasteiger partial charge in [0.15, 0.2) is 0 Å². The fourth-order valence-electron chi connectivity index (χ4n) is 2.78. The third-order valence-electron chi connectivity index (χ3n) is 4.06. The Balaban J connectivity index is 2.25. The first kappa shape index (κ1) is 17.1. The van der Waals surface area contributed by atoms with Crippen LogP contribution < -0.4 is 11.1 Å². The summed E-state index contributed by atoms with van der Waals surface area (Å²) in [6, 6.07) is 2.15. The summed E-state index contributed by atoms with van der Waals surface area (Å²) in [5.74, 6) is -0.445. The van der Waals surface area contributed by atoms with E-state index in [2.05, 4.69) is 21.2 Å². The lowest BCUT2D eigenvalue weighted by molar-refractivity contribution is 0.0433. The predicted octanol–water partition coefficient (Wildman–Crippen LogP) is 3.23. The van der Waals surface area contributed by atoms with E-state index in [-0.39, 0.29) is 13.2 Å². The number of anilines is 2. The number of benzene rings is 1. The van der Waals surface area contributed by atoms with Crippen LogP contribution in [-0.4, -0.2) is 30.3 Å². The van der Waals surface area contributed by atoms with Gasteiger partial charge in [0.25, 0.3) is 0 Å². The second-order valence-electron chi connectivity index (χ2n) is 5.66. The van der Waals surface area contributed by atoms with E-state index in [4.69, 9.17) is 15.6 Å². The van der Waals surface area contributed by atoms with Crippen LogP contribution in [0.5, 0.6) is 0 Å². The first-order chi connectivity index (χ1) is 10.5. The van der Waals surface area contributed by atoms with Gasteiger partial charge in [0.2, 0.25) is 0 Å². The van der Waals surface area contributed by atoms with Gasteiger partial charge in [0.05, 0.1) is 23.5 Å². The summed E-state index contributed by atoms with van der Waals surface area (Å²) in [6.07, 6.45) is 5.96. The van der Waals surface area contributed by atoms with E-state index < -0.39 is 5.97 Å². The van der Waals surface area contributed by atoms with Crippen LogP contribution in [0.1, 0.15) is 48.0 Å². The van der Waals surface area contributed by atoms with Crippen molar-refractivity contribution in [2.45, 2.75) is 45.1 Å². The Morgan fingerprint density at radius 2 is 2.14 bits per heavy atom. The number of nitrogen functional groups attached to an aromatic ring is 1. The number of halogens is 1. The summed E-state index contributed by atoms with van der Waals surface area (Å²) in [7, 11) is 0. The average Bonchev–Trinajstić information content (AvgIpc) is 2.54. The third-order valence-corrected chi connectivity index (χ3v) is 5.08. The van der Waals surface area contributed by atoms with Crippen molar-refractivity contribution in [1.29, 1.82) is 0 Å². The van der Waals surface area contributed by atoms with E-state index in [1.165, 1.54) is 19.3 Å². The van der Waals surface area contributed by atoms with E-state index in [9.17, 15) is 4.79 Å². The lowest BCUT2D eigenvalue weighted by Crippen LogP contribution is -2.23. The van der Waals surface area contributed by atoms with Crippen molar-refractivity contribution in [1.82, 2.24) is 0 Å². The molecule has 1 aromatic carbocycles. The standard InChI is InChI=1S/C16H23BrN2O3/c1-10-12(16(21)22-8-7-20)9-13(15(18)14(10)17)19-11-5-3-2-4-6-11/h9,11,19-20H,2-8,18H2,1H3. The Bertz CT molecular complexity index is 543. The number of ether oxygens (including phenoxy) is 1. The third kappa shape index (κ3) is 3.93. The number of nitrogens with one attached hydrogen (secondary N) is 1. The molecule has 0 unspecified atom stereocenters. The molecule has 1 aliphatic rings. The van der Waals surface area contributed by atoms with Crippen molar-refractivity contribution >= 4 is 33.3 Å². The lowest BCUT2D eigenvalue weighted by Gasteiger charge is -2.25. The zero-order valence-electron chi connectivity index (χ0n) is 12.8. The van der Waals surface area contributed by atoms with E-state index in [0.717, 1.165) is 24.1 Å². The van der Waals surface area contributed by atoms with Gasteiger partial charge in [-0.1, -0.05) is 19.3 Å². The van der Waals surface area contributed by atoms with Crippen molar-refractivity contribution in [2.24, 2.45) is 0 Å². The molecule has 6 heteroatoms. The monoisotopic (exact) mass is 370 g/mol. The molecule has 22 heavy (non-hydrogen) atoms. The molecular formula is C16H23BrN2O3. The number of carbonyl (C=O) groups excluding carboxylic acids is 1. The normalized spacial score (nSPS) is 15.6. The minimum atomic E-state index is -0.445. The molecule has 1 aliphatic carbocycles. The minimum Gasteiger partial charge on any atom is -0.460 e. The Labute approximate surface area is 139 Å². The largest absolute Gasteiger partial charge is 0.460 e. The molecule has 0 aromatic heterocycles. The summed E-state index contributed by atoms with van der Waals surface area (Å²) in [4.78, 5) is 12.1. The number of nitrogens with two attached hydrogens (primary N) is 1. The lowest BCUT2D eigenvalue weighted by atomic mass is 9.95. The van der Waals surface area contributed by atoms with Crippen molar-refractivity contribution in [3.8, 4) is 0 Å². The molecule has 4 N–H and O–H groups in total. The van der Waals surface area contributed by atoms with Gasteiger partial charge in [0, 0.05) is 10.5 Å². The Hall–Kier alpha value is -1.27. The van der Waals surface area contributed by atoms with Gasteiger partial charge >= 0.3 is 5.97 Å². The summed E-state index contributed by atoms with van der Waals surface area (Å²) in [5, 5.41) is 12.2. The number of esters is 1. The zero-order valence-corrected chi connectivity index (χ0v) is 14.4. The van der Waals surface area contributed by atoms with Crippen LogP contribution in [0.4, 0.5) is 11.4 Å². The number of carbonyl (C=O) groups is 1. The number of hydrogen-bond acceptors (Lipinski definition) is 5. The number of aliphatic hydroxyl groups is 1. The van der Waals surface area contributed by atoms with E-state index in [1.807, 2.05) is 6.92 Å². The van der Waals surface area contributed by atoms with Crippen molar-refractivity contribution in [3.05, 3.63) is 21.7 Å². The molecular weight excluding hydrogens is 348 g/mol. The molecule has 0 aliphatic heterocycles. The van der Waals surface area contributed by atoms with Gasteiger partial charge in [-0.3, -0.25) is 0 Å². The number of aliphatic hydroxyl groups excluding tert-OH is 1. The fourth-order valence-corrected chi connectivity index (χ4v) is 3.21. The average molecular weight is 371 g/mol. The SMILES string of the molecule is Cc1c(C(=O)OCCO)cc(NC2CCCCC2)c(N)c1Br. The molecule has 1 fully saturated rings. The molecule has 1 aromatic rings. The first-order valence-electron chi connectivity index (χ1n) is 7.67. The van der Waals surface area contributed by atoms with Crippen LogP contribution in [0.15, 0.2) is 10.5 Å². The smallest absolute Gasteiger partial charge is 0.338 e. The molecule has 2 rings (SSSR count). The van der Waals surface area contributed by atoms with E-state index >= 15 is 0 Å². The molecule has 122 valence electrons. The van der Waals surface area contributed by atoms with Crippen LogP contribution in [0.2, 0.25) is 0 Å². The van der Waals surface area contributed by atoms with Crippen LogP contribution >= 0.6 is 15.9 Å². The first-order valence-corrected chi connectivity index (χ1v) is 8.47. The van der Waals surface area contributed by atoms with E-state index in [0.29, 0.717) is 21.8 Å². The highest BCUT2D eigenvalue weighted by Crippen LogP contribution is 2.35. The highest BCUT2D eigenvalue weighted by atomic mass is 79.9. The van der Waals surface area contributed by atoms with Gasteiger partial charge < -0.3 is 20.9 Å². The molecule has 5 nitrogen and oxygen atoms in total. The van der Waals surface area contributed by atoms with E-state index in [1.54, 1.807) is 6.07 Å². The van der Waals surface area contributed by atoms with Crippen LogP contribution in [0.3, 0.4) is 0 Å². The highest BCUT2D eigenvalue weighted by molar-refractivity contribution is 9.10. The molecule has 0 spiro atoms. The topological polar surface area (TPSA) is 84.6 Å². The minimum absolute atomic E-state index is 0.00828. The Kier molecular flexibility index (Phi) is 6.08.